The number of hydrogen-bond donors (Lipinski definition) is 4. The molecule has 0 aliphatic heterocycles. The van der Waals surface area contributed by atoms with E-state index in [1.165, 1.54) is 31.5 Å². The molecule has 2 aromatic heterocycles. The molecule has 0 atom stereocenters. The summed E-state index contributed by atoms with van der Waals surface area (Å²) in [5, 5.41) is 26.7. The van der Waals surface area contributed by atoms with E-state index in [0.717, 1.165) is 62.5 Å². The minimum Gasteiger partial charge on any atom is -0.496 e. The SMILES string of the molecule is COc1cc(-c2nccc(-c3cccc(-c4ccc(CN[C@H]5CC[C@@H](O)CC5)c(OC)n4)c3C(F)(F)F)c2Cl)ccc1CN[C@H]1CC[C@@H](O)CC1. The van der Waals surface area contributed by atoms with Crippen LogP contribution in [0.5, 0.6) is 11.6 Å². The van der Waals surface area contributed by atoms with Crippen molar-refractivity contribution in [1.29, 1.82) is 0 Å². The molecular formula is C39H44ClF3N4O4. The van der Waals surface area contributed by atoms with Crippen LogP contribution < -0.4 is 20.1 Å². The number of pyridine rings is 2. The van der Waals surface area contributed by atoms with E-state index < -0.39 is 11.7 Å². The lowest BCUT2D eigenvalue weighted by molar-refractivity contribution is -0.136. The number of nitrogens with one attached hydrogen (secondary N) is 2. The normalized spacial score (nSPS) is 21.0. The Morgan fingerprint density at radius 3 is 1.98 bits per heavy atom. The van der Waals surface area contributed by atoms with Crippen molar-refractivity contribution in [2.45, 2.75) is 94.9 Å². The number of alkyl halides is 3. The van der Waals surface area contributed by atoms with Gasteiger partial charge in [-0.05, 0) is 75.1 Å². The van der Waals surface area contributed by atoms with E-state index in [1.807, 2.05) is 12.1 Å². The molecule has 8 nitrogen and oxygen atoms in total. The maximum atomic E-state index is 15.0. The number of aliphatic hydroxyl groups excluding tert-OH is 2. The minimum absolute atomic E-state index is 0.0797. The molecule has 0 radical (unpaired) electrons. The first-order valence-corrected chi connectivity index (χ1v) is 17.8. The molecule has 0 spiro atoms. The standard InChI is InChI=1S/C39H44ClF3N4O4/c1-50-34-20-23(6-7-24(34)21-45-26-9-13-28(48)14-10-26)37-36(40)31(18-19-44-37)30-4-3-5-32(35(30)39(41,42)43)33-17-8-25(38(47-33)51-2)22-46-27-11-15-29(49)16-12-27/h3-8,17-20,26-29,45-46,48-49H,9-16,21-22H2,1-2H3/t26-,27-,28+,29+. The Kier molecular flexibility index (Phi) is 11.8. The number of methoxy groups -OCH3 is 2. The first kappa shape index (κ1) is 37.0. The first-order chi connectivity index (χ1) is 24.5. The lowest BCUT2D eigenvalue weighted by Crippen LogP contribution is -2.34. The quantitative estimate of drug-likeness (QED) is 0.124. The Bertz CT molecular complexity index is 1810. The molecule has 2 aromatic carbocycles. The van der Waals surface area contributed by atoms with Crippen LogP contribution in [0.3, 0.4) is 0 Å². The van der Waals surface area contributed by atoms with Crippen LogP contribution in [-0.4, -0.2) is 58.7 Å². The molecule has 0 amide bonds. The van der Waals surface area contributed by atoms with Crippen molar-refractivity contribution in [1.82, 2.24) is 20.6 Å². The largest absolute Gasteiger partial charge is 0.496 e. The van der Waals surface area contributed by atoms with Gasteiger partial charge >= 0.3 is 6.18 Å². The summed E-state index contributed by atoms with van der Waals surface area (Å²) < 4.78 is 56.4. The van der Waals surface area contributed by atoms with E-state index in [2.05, 4.69) is 20.6 Å². The third kappa shape index (κ3) is 8.67. The highest BCUT2D eigenvalue weighted by Gasteiger charge is 2.38. The van der Waals surface area contributed by atoms with Gasteiger partial charge < -0.3 is 30.3 Å². The summed E-state index contributed by atoms with van der Waals surface area (Å²) in [6.45, 7) is 1.00. The highest BCUT2D eigenvalue weighted by molar-refractivity contribution is 6.35. The zero-order valence-corrected chi connectivity index (χ0v) is 29.5. The van der Waals surface area contributed by atoms with E-state index in [-0.39, 0.29) is 51.5 Å². The molecule has 0 saturated heterocycles. The molecule has 2 heterocycles. The summed E-state index contributed by atoms with van der Waals surface area (Å²) in [6.07, 6.45) is 2.72. The maximum absolute atomic E-state index is 15.0. The van der Waals surface area contributed by atoms with Crippen LogP contribution in [0, 0.1) is 0 Å². The molecule has 2 fully saturated rings. The summed E-state index contributed by atoms with van der Waals surface area (Å²) >= 11 is 6.92. The van der Waals surface area contributed by atoms with Gasteiger partial charge in [-0.1, -0.05) is 48.0 Å². The Morgan fingerprint density at radius 1 is 0.765 bits per heavy atom. The second kappa shape index (κ2) is 16.3. The molecule has 51 heavy (non-hydrogen) atoms. The lowest BCUT2D eigenvalue weighted by atomic mass is 9.92. The van der Waals surface area contributed by atoms with Gasteiger partial charge in [-0.25, -0.2) is 4.98 Å². The second-order valence-corrected chi connectivity index (χ2v) is 13.8. The average molecular weight is 725 g/mol. The smallest absolute Gasteiger partial charge is 0.417 e. The van der Waals surface area contributed by atoms with Crippen molar-refractivity contribution in [3.8, 4) is 45.3 Å². The zero-order chi connectivity index (χ0) is 36.1. The van der Waals surface area contributed by atoms with E-state index in [9.17, 15) is 10.2 Å². The Balaban J connectivity index is 1.29. The molecular weight excluding hydrogens is 681 g/mol. The van der Waals surface area contributed by atoms with Gasteiger partial charge in [0.05, 0.1) is 48.4 Å². The van der Waals surface area contributed by atoms with Crippen molar-refractivity contribution in [2.24, 2.45) is 0 Å². The molecule has 0 bridgehead atoms. The van der Waals surface area contributed by atoms with E-state index >= 15 is 13.2 Å². The van der Waals surface area contributed by atoms with Crippen LogP contribution in [0.25, 0.3) is 33.6 Å². The van der Waals surface area contributed by atoms with Crippen LogP contribution in [-0.2, 0) is 19.3 Å². The summed E-state index contributed by atoms with van der Waals surface area (Å²) in [5.41, 5.74) is 1.84. The molecule has 6 rings (SSSR count). The van der Waals surface area contributed by atoms with Gasteiger partial charge in [-0.2, -0.15) is 13.2 Å². The molecule has 4 aromatic rings. The molecule has 0 unspecified atom stereocenters. The number of aromatic nitrogens is 2. The maximum Gasteiger partial charge on any atom is 0.417 e. The molecule has 2 aliphatic carbocycles. The van der Waals surface area contributed by atoms with Gasteiger partial charge in [0, 0.05) is 59.2 Å². The third-order valence-corrected chi connectivity index (χ3v) is 10.4. The first-order valence-electron chi connectivity index (χ1n) is 17.4. The van der Waals surface area contributed by atoms with Gasteiger partial charge in [0.15, 0.2) is 0 Å². The summed E-state index contributed by atoms with van der Waals surface area (Å²) in [6, 6.07) is 15.3. The monoisotopic (exact) mass is 724 g/mol. The number of aliphatic hydroxyl groups is 2. The highest BCUT2D eigenvalue weighted by Crippen LogP contribution is 2.46. The summed E-state index contributed by atoms with van der Waals surface area (Å²) in [5.74, 6) is 0.844. The van der Waals surface area contributed by atoms with Crippen molar-refractivity contribution in [2.75, 3.05) is 14.2 Å². The number of hydrogen-bond acceptors (Lipinski definition) is 8. The van der Waals surface area contributed by atoms with Gasteiger partial charge in [0.2, 0.25) is 5.88 Å². The fourth-order valence-electron chi connectivity index (χ4n) is 7.19. The number of rotatable bonds is 11. The Morgan fingerprint density at radius 2 is 1.37 bits per heavy atom. The van der Waals surface area contributed by atoms with Crippen LogP contribution in [0.1, 0.15) is 68.1 Å². The fraction of sp³-hybridized carbons (Fsp3) is 0.436. The van der Waals surface area contributed by atoms with Crippen molar-refractivity contribution >= 4 is 11.6 Å². The third-order valence-electron chi connectivity index (χ3n) is 10.1. The number of halogens is 4. The van der Waals surface area contributed by atoms with Crippen LogP contribution in [0.2, 0.25) is 5.02 Å². The minimum atomic E-state index is -4.74. The molecule has 4 N–H and O–H groups in total. The van der Waals surface area contributed by atoms with E-state index in [1.54, 1.807) is 31.4 Å². The number of nitrogens with zero attached hydrogens (tertiary/aromatic N) is 2. The Labute approximate surface area is 301 Å². The Hall–Kier alpha value is -3.74. The molecule has 12 heteroatoms. The molecule has 272 valence electrons. The number of benzene rings is 2. The average Bonchev–Trinajstić information content (AvgIpc) is 3.13. The van der Waals surface area contributed by atoms with Crippen LogP contribution in [0.15, 0.2) is 60.8 Å². The highest BCUT2D eigenvalue weighted by atomic mass is 35.5. The molecule has 2 aliphatic rings. The van der Waals surface area contributed by atoms with Crippen LogP contribution in [0.4, 0.5) is 13.2 Å². The summed E-state index contributed by atoms with van der Waals surface area (Å²) in [4.78, 5) is 9.00. The summed E-state index contributed by atoms with van der Waals surface area (Å²) in [7, 11) is 3.02. The van der Waals surface area contributed by atoms with Crippen molar-refractivity contribution in [3.05, 3.63) is 82.5 Å². The predicted molar refractivity (Wildman–Crippen MR) is 192 cm³/mol. The van der Waals surface area contributed by atoms with E-state index in [4.69, 9.17) is 21.1 Å². The van der Waals surface area contributed by atoms with E-state index in [0.29, 0.717) is 36.1 Å². The fourth-order valence-corrected chi connectivity index (χ4v) is 7.51. The zero-order valence-electron chi connectivity index (χ0n) is 28.8. The predicted octanol–water partition coefficient (Wildman–Crippen LogP) is 7.95. The van der Waals surface area contributed by atoms with Gasteiger partial charge in [0.25, 0.3) is 0 Å². The number of ether oxygens (including phenoxy) is 2. The van der Waals surface area contributed by atoms with Crippen LogP contribution >= 0.6 is 11.6 Å². The van der Waals surface area contributed by atoms with Gasteiger partial charge in [0.1, 0.15) is 5.75 Å². The van der Waals surface area contributed by atoms with Gasteiger partial charge in [-0.3, -0.25) is 4.98 Å². The van der Waals surface area contributed by atoms with Crippen molar-refractivity contribution in [3.63, 3.8) is 0 Å². The molecule has 2 saturated carbocycles. The lowest BCUT2D eigenvalue weighted by Gasteiger charge is -2.26. The topological polar surface area (TPSA) is 109 Å². The second-order valence-electron chi connectivity index (χ2n) is 13.4. The van der Waals surface area contributed by atoms with Gasteiger partial charge in [-0.15, -0.1) is 0 Å². The van der Waals surface area contributed by atoms with Crippen molar-refractivity contribution < 1.29 is 32.9 Å².